The maximum atomic E-state index is 13.2. The Morgan fingerprint density at radius 2 is 0.808 bits per heavy atom. The Bertz CT molecular complexity index is 780. The van der Waals surface area contributed by atoms with Crippen molar-refractivity contribution in [2.24, 2.45) is 0 Å². The monoisotopic (exact) mass is 360 g/mol. The molecule has 2 N–H and O–H groups in total. The zero-order valence-electron chi connectivity index (χ0n) is 13.7. The average Bonchev–Trinajstić information content (AvgIpc) is 2.57. The van der Waals surface area contributed by atoms with E-state index in [2.05, 4.69) is 10.6 Å². The summed E-state index contributed by atoms with van der Waals surface area (Å²) in [5.74, 6) is -2.46. The minimum absolute atomic E-state index is 0.282. The van der Waals surface area contributed by atoms with Gasteiger partial charge in [0.15, 0.2) is 0 Å². The Labute approximate surface area is 148 Å². The summed E-state index contributed by atoms with van der Waals surface area (Å²) in [5.41, 5.74) is 2.55. The fourth-order valence-electron chi connectivity index (χ4n) is 2.54. The van der Waals surface area contributed by atoms with Gasteiger partial charge in [-0.15, -0.1) is 0 Å². The summed E-state index contributed by atoms with van der Waals surface area (Å²) in [6.07, 6.45) is 0. The summed E-state index contributed by atoms with van der Waals surface area (Å²) in [4.78, 5) is 0. The van der Waals surface area contributed by atoms with Gasteiger partial charge in [0.1, 0.15) is 23.3 Å². The molecule has 0 fully saturated rings. The highest BCUT2D eigenvalue weighted by molar-refractivity contribution is 5.54. The largest absolute Gasteiger partial charge is 0.381 e. The lowest BCUT2D eigenvalue weighted by molar-refractivity contribution is 0.579. The van der Waals surface area contributed by atoms with Crippen molar-refractivity contribution in [3.8, 4) is 0 Å². The van der Waals surface area contributed by atoms with E-state index in [0.29, 0.717) is 11.1 Å². The van der Waals surface area contributed by atoms with E-state index in [1.807, 2.05) is 0 Å². The number of nitrogens with one attached hydrogen (secondary N) is 2. The first-order chi connectivity index (χ1) is 12.5. The van der Waals surface area contributed by atoms with E-state index in [9.17, 15) is 17.6 Å². The SMILES string of the molecule is Fc1cc(F)cc(CNc2ccc(NCc3cc(F)cc(F)c3)cc2)c1. The molecule has 0 aliphatic carbocycles. The summed E-state index contributed by atoms with van der Waals surface area (Å²) < 4.78 is 52.6. The van der Waals surface area contributed by atoms with Gasteiger partial charge in [-0.05, 0) is 59.7 Å². The molecule has 26 heavy (non-hydrogen) atoms. The van der Waals surface area contributed by atoms with Crippen LogP contribution in [-0.4, -0.2) is 0 Å². The fraction of sp³-hybridized carbons (Fsp3) is 0.100. The second-order valence-electron chi connectivity index (χ2n) is 5.84. The van der Waals surface area contributed by atoms with Crippen LogP contribution in [0.4, 0.5) is 28.9 Å². The minimum atomic E-state index is -0.616. The molecule has 134 valence electrons. The highest BCUT2D eigenvalue weighted by Gasteiger charge is 2.02. The summed E-state index contributed by atoms with van der Waals surface area (Å²) in [7, 11) is 0. The third-order valence-electron chi connectivity index (χ3n) is 3.72. The highest BCUT2D eigenvalue weighted by Crippen LogP contribution is 2.17. The molecule has 0 aliphatic heterocycles. The van der Waals surface area contributed by atoms with Crippen molar-refractivity contribution in [3.05, 3.63) is 95.1 Å². The molecule has 0 bridgehead atoms. The van der Waals surface area contributed by atoms with Crippen LogP contribution < -0.4 is 10.6 Å². The molecule has 6 heteroatoms. The molecule has 0 saturated carbocycles. The number of hydrogen-bond donors (Lipinski definition) is 2. The lowest BCUT2D eigenvalue weighted by Gasteiger charge is -2.10. The first-order valence-corrected chi connectivity index (χ1v) is 7.96. The van der Waals surface area contributed by atoms with Crippen LogP contribution in [0, 0.1) is 23.3 Å². The molecule has 3 aromatic carbocycles. The first-order valence-electron chi connectivity index (χ1n) is 7.96. The van der Waals surface area contributed by atoms with Crippen LogP contribution in [0.2, 0.25) is 0 Å². The van der Waals surface area contributed by atoms with Crippen LogP contribution in [0.3, 0.4) is 0 Å². The molecule has 0 atom stereocenters. The van der Waals surface area contributed by atoms with E-state index in [4.69, 9.17) is 0 Å². The predicted octanol–water partition coefficient (Wildman–Crippen LogP) is 5.47. The quantitative estimate of drug-likeness (QED) is 0.570. The smallest absolute Gasteiger partial charge is 0.126 e. The molecule has 0 aliphatic rings. The van der Waals surface area contributed by atoms with Crippen molar-refractivity contribution in [1.29, 1.82) is 0 Å². The molecule has 0 heterocycles. The van der Waals surface area contributed by atoms with Crippen LogP contribution in [0.25, 0.3) is 0 Å². The highest BCUT2D eigenvalue weighted by atomic mass is 19.1. The van der Waals surface area contributed by atoms with Gasteiger partial charge in [0.05, 0.1) is 0 Å². The van der Waals surface area contributed by atoms with Crippen molar-refractivity contribution in [1.82, 2.24) is 0 Å². The van der Waals surface area contributed by atoms with E-state index in [1.54, 1.807) is 24.3 Å². The number of halogens is 4. The van der Waals surface area contributed by atoms with Crippen molar-refractivity contribution in [2.45, 2.75) is 13.1 Å². The van der Waals surface area contributed by atoms with Crippen LogP contribution in [0.15, 0.2) is 60.7 Å². The molecular formula is C20H16F4N2. The summed E-state index contributed by atoms with van der Waals surface area (Å²) >= 11 is 0. The van der Waals surface area contributed by atoms with Crippen molar-refractivity contribution in [3.63, 3.8) is 0 Å². The van der Waals surface area contributed by atoms with Gasteiger partial charge in [-0.2, -0.15) is 0 Å². The number of hydrogen-bond acceptors (Lipinski definition) is 2. The third-order valence-corrected chi connectivity index (χ3v) is 3.72. The summed E-state index contributed by atoms with van der Waals surface area (Å²) in [6.45, 7) is 0.564. The first kappa shape index (κ1) is 17.8. The Kier molecular flexibility index (Phi) is 5.41. The van der Waals surface area contributed by atoms with Gasteiger partial charge in [-0.3, -0.25) is 0 Å². The van der Waals surface area contributed by atoms with Gasteiger partial charge < -0.3 is 10.6 Å². The topological polar surface area (TPSA) is 24.1 Å². The second kappa shape index (κ2) is 7.91. The van der Waals surface area contributed by atoms with Crippen molar-refractivity contribution in [2.75, 3.05) is 10.6 Å². The molecule has 0 amide bonds. The lowest BCUT2D eigenvalue weighted by Crippen LogP contribution is -2.02. The maximum Gasteiger partial charge on any atom is 0.126 e. The van der Waals surface area contributed by atoms with Crippen LogP contribution in [-0.2, 0) is 13.1 Å². The standard InChI is InChI=1S/C20H16F4N2/c21-15-5-13(6-16(22)9-15)11-25-19-1-2-20(4-3-19)26-12-14-7-17(23)10-18(24)8-14/h1-10,25-26H,11-12H2. The molecule has 3 aromatic rings. The van der Waals surface area contributed by atoms with Crippen molar-refractivity contribution >= 4 is 11.4 Å². The molecule has 0 aromatic heterocycles. The molecule has 3 rings (SSSR count). The van der Waals surface area contributed by atoms with Crippen molar-refractivity contribution < 1.29 is 17.6 Å². The third kappa shape index (κ3) is 4.99. The van der Waals surface area contributed by atoms with Gasteiger partial charge in [-0.25, -0.2) is 17.6 Å². The van der Waals surface area contributed by atoms with Crippen LogP contribution in [0.1, 0.15) is 11.1 Å². The fourth-order valence-corrected chi connectivity index (χ4v) is 2.54. The molecule has 2 nitrogen and oxygen atoms in total. The summed E-state index contributed by atoms with van der Waals surface area (Å²) in [6, 6.07) is 13.9. The van der Waals surface area contributed by atoms with Gasteiger partial charge in [0, 0.05) is 36.6 Å². The molecule has 0 saturated heterocycles. The summed E-state index contributed by atoms with van der Waals surface area (Å²) in [5, 5.41) is 6.14. The van der Waals surface area contributed by atoms with Crippen LogP contribution in [0.5, 0.6) is 0 Å². The molecule has 0 unspecified atom stereocenters. The Balaban J connectivity index is 1.56. The average molecular weight is 360 g/mol. The Hall–Kier alpha value is -3.02. The van der Waals surface area contributed by atoms with E-state index < -0.39 is 23.3 Å². The van der Waals surface area contributed by atoms with Gasteiger partial charge in [0.25, 0.3) is 0 Å². The normalized spacial score (nSPS) is 10.6. The number of anilines is 2. The van der Waals surface area contributed by atoms with E-state index in [0.717, 1.165) is 23.5 Å². The maximum absolute atomic E-state index is 13.2. The van der Waals surface area contributed by atoms with Gasteiger partial charge >= 0.3 is 0 Å². The Morgan fingerprint density at radius 3 is 1.12 bits per heavy atom. The van der Waals surface area contributed by atoms with E-state index in [1.165, 1.54) is 24.3 Å². The second-order valence-corrected chi connectivity index (χ2v) is 5.84. The molecule has 0 radical (unpaired) electrons. The molecular weight excluding hydrogens is 344 g/mol. The number of benzene rings is 3. The zero-order chi connectivity index (χ0) is 18.5. The molecule has 0 spiro atoms. The minimum Gasteiger partial charge on any atom is -0.381 e. The van der Waals surface area contributed by atoms with E-state index >= 15 is 0 Å². The predicted molar refractivity (Wildman–Crippen MR) is 93.8 cm³/mol. The number of rotatable bonds is 6. The van der Waals surface area contributed by atoms with E-state index in [-0.39, 0.29) is 13.1 Å². The Morgan fingerprint density at radius 1 is 0.500 bits per heavy atom. The van der Waals surface area contributed by atoms with Crippen LogP contribution >= 0.6 is 0 Å². The van der Waals surface area contributed by atoms with Gasteiger partial charge in [-0.1, -0.05) is 0 Å². The zero-order valence-corrected chi connectivity index (χ0v) is 13.7. The van der Waals surface area contributed by atoms with Gasteiger partial charge in [0.2, 0.25) is 0 Å². The lowest BCUT2D eigenvalue weighted by atomic mass is 10.2.